The summed E-state index contributed by atoms with van der Waals surface area (Å²) in [4.78, 5) is 25.8. The van der Waals surface area contributed by atoms with Crippen molar-refractivity contribution in [2.24, 2.45) is 0 Å². The number of aromatic nitrogens is 2. The predicted molar refractivity (Wildman–Crippen MR) is 88.0 cm³/mol. The van der Waals surface area contributed by atoms with Crippen LogP contribution in [-0.2, 0) is 11.3 Å². The predicted octanol–water partition coefficient (Wildman–Crippen LogP) is 1.51. The van der Waals surface area contributed by atoms with Gasteiger partial charge in [0.25, 0.3) is 0 Å². The van der Waals surface area contributed by atoms with Gasteiger partial charge in [-0.3, -0.25) is 9.36 Å². The molecule has 1 amide bonds. The zero-order chi connectivity index (χ0) is 18.2. The fourth-order valence-corrected chi connectivity index (χ4v) is 2.05. The van der Waals surface area contributed by atoms with E-state index in [4.69, 9.17) is 4.74 Å². The summed E-state index contributed by atoms with van der Waals surface area (Å²) in [6.07, 6.45) is 1.96. The average Bonchev–Trinajstić information content (AvgIpc) is 2.97. The summed E-state index contributed by atoms with van der Waals surface area (Å²) in [6.45, 7) is 2.81. The molecule has 2 aromatic rings. The molecule has 1 aliphatic rings. The Bertz CT molecular complexity index is 719. The number of imidazole rings is 1. The minimum Gasteiger partial charge on any atom is -0.444 e. The lowest BCUT2D eigenvalue weighted by molar-refractivity contribution is -0.389. The third-order valence-electron chi connectivity index (χ3n) is 3.41. The van der Waals surface area contributed by atoms with E-state index >= 15 is 0 Å². The van der Waals surface area contributed by atoms with Crippen LogP contribution in [0.3, 0.4) is 0 Å². The molecule has 134 valence electrons. The SMILES string of the molecule is CN1CCOc2nc([N+](=O)[O-])cn2CC1.O=CNc1ccc(F)cc1. The Labute approximate surface area is 143 Å². The highest BCUT2D eigenvalue weighted by Gasteiger charge is 2.21. The second-order valence-electron chi connectivity index (χ2n) is 5.25. The number of halogens is 1. The monoisotopic (exact) mass is 351 g/mol. The number of rotatable bonds is 3. The van der Waals surface area contributed by atoms with Crippen LogP contribution in [0, 0.1) is 15.9 Å². The molecule has 1 N–H and O–H groups in total. The van der Waals surface area contributed by atoms with Gasteiger partial charge in [-0.1, -0.05) is 0 Å². The topological polar surface area (TPSA) is 103 Å². The molecule has 0 aliphatic carbocycles. The van der Waals surface area contributed by atoms with Gasteiger partial charge >= 0.3 is 11.8 Å². The molecule has 0 spiro atoms. The molecule has 3 rings (SSSR count). The lowest BCUT2D eigenvalue weighted by atomic mass is 10.3. The van der Waals surface area contributed by atoms with Crippen molar-refractivity contribution in [2.45, 2.75) is 6.54 Å². The van der Waals surface area contributed by atoms with Crippen LogP contribution in [0.15, 0.2) is 30.5 Å². The van der Waals surface area contributed by atoms with Crippen molar-refractivity contribution in [1.29, 1.82) is 0 Å². The maximum Gasteiger partial charge on any atom is 0.414 e. The highest BCUT2D eigenvalue weighted by molar-refractivity contribution is 5.70. The standard InChI is InChI=1S/C8H12N4O3.C7H6FNO/c1-10-2-3-11-6-7(12(13)14)9-8(11)15-5-4-10;8-6-1-3-7(4-2-6)9-5-10/h6H,2-5H2,1H3;1-5H,(H,9,10). The first-order chi connectivity index (χ1) is 12.0. The van der Waals surface area contributed by atoms with Gasteiger partial charge < -0.3 is 25.1 Å². The molecule has 0 atom stereocenters. The number of amides is 1. The number of nitro groups is 1. The number of carbonyl (C=O) groups is 1. The van der Waals surface area contributed by atoms with E-state index in [1.807, 2.05) is 7.05 Å². The van der Waals surface area contributed by atoms with Crippen molar-refractivity contribution in [2.75, 3.05) is 32.1 Å². The van der Waals surface area contributed by atoms with Gasteiger partial charge in [-0.05, 0) is 36.2 Å². The Balaban J connectivity index is 0.000000196. The number of anilines is 1. The van der Waals surface area contributed by atoms with Crippen LogP contribution in [0.25, 0.3) is 0 Å². The van der Waals surface area contributed by atoms with E-state index in [-0.39, 0.29) is 11.6 Å². The van der Waals surface area contributed by atoms with E-state index in [9.17, 15) is 19.3 Å². The van der Waals surface area contributed by atoms with Gasteiger partial charge in [-0.25, -0.2) is 4.39 Å². The van der Waals surface area contributed by atoms with Gasteiger partial charge in [0.1, 0.15) is 18.6 Å². The Morgan fingerprint density at radius 1 is 1.32 bits per heavy atom. The van der Waals surface area contributed by atoms with E-state index in [0.717, 1.165) is 13.1 Å². The average molecular weight is 351 g/mol. The molecule has 0 saturated heterocycles. The summed E-state index contributed by atoms with van der Waals surface area (Å²) in [5.41, 5.74) is 0.594. The number of ether oxygens (including phenoxy) is 1. The third-order valence-corrected chi connectivity index (χ3v) is 3.41. The summed E-state index contributed by atoms with van der Waals surface area (Å²) >= 11 is 0. The van der Waals surface area contributed by atoms with E-state index in [2.05, 4.69) is 15.2 Å². The maximum atomic E-state index is 12.2. The van der Waals surface area contributed by atoms with Gasteiger partial charge in [0.05, 0.1) is 0 Å². The van der Waals surface area contributed by atoms with Crippen molar-refractivity contribution in [3.8, 4) is 6.01 Å². The van der Waals surface area contributed by atoms with Crippen LogP contribution in [0.5, 0.6) is 6.01 Å². The molecule has 1 aromatic carbocycles. The first-order valence-corrected chi connectivity index (χ1v) is 7.48. The van der Waals surface area contributed by atoms with E-state index in [1.165, 1.54) is 30.5 Å². The number of nitrogens with zero attached hydrogens (tertiary/aromatic N) is 4. The number of fused-ring (bicyclic) bond motifs is 1. The number of carbonyl (C=O) groups excluding carboxylic acids is 1. The van der Waals surface area contributed by atoms with Gasteiger partial charge in [0, 0.05) is 30.3 Å². The molecule has 0 radical (unpaired) electrons. The summed E-state index contributed by atoms with van der Waals surface area (Å²) in [6, 6.07) is 5.89. The zero-order valence-electron chi connectivity index (χ0n) is 13.6. The second-order valence-corrected chi connectivity index (χ2v) is 5.25. The Kier molecular flexibility index (Phi) is 6.40. The zero-order valence-corrected chi connectivity index (χ0v) is 13.6. The van der Waals surface area contributed by atoms with Crippen LogP contribution in [0.1, 0.15) is 0 Å². The van der Waals surface area contributed by atoms with Gasteiger partial charge in [-0.15, -0.1) is 0 Å². The molecule has 9 nitrogen and oxygen atoms in total. The van der Waals surface area contributed by atoms with E-state index in [1.54, 1.807) is 4.57 Å². The Hall–Kier alpha value is -3.01. The van der Waals surface area contributed by atoms with Crippen molar-refractivity contribution in [3.63, 3.8) is 0 Å². The van der Waals surface area contributed by atoms with Gasteiger partial charge in [-0.2, -0.15) is 0 Å². The van der Waals surface area contributed by atoms with Gasteiger partial charge in [0.15, 0.2) is 0 Å². The van der Waals surface area contributed by atoms with Crippen LogP contribution < -0.4 is 10.1 Å². The van der Waals surface area contributed by atoms with Crippen molar-refractivity contribution in [1.82, 2.24) is 14.5 Å². The molecule has 10 heteroatoms. The number of hydrogen-bond donors (Lipinski definition) is 1. The largest absolute Gasteiger partial charge is 0.444 e. The highest BCUT2D eigenvalue weighted by atomic mass is 19.1. The van der Waals surface area contributed by atoms with Crippen molar-refractivity contribution >= 4 is 17.9 Å². The molecule has 0 fully saturated rings. The third kappa shape index (κ3) is 5.53. The second kappa shape index (κ2) is 8.73. The quantitative estimate of drug-likeness (QED) is 0.511. The first kappa shape index (κ1) is 18.3. The van der Waals surface area contributed by atoms with Crippen molar-refractivity contribution < 1.29 is 18.8 Å². The summed E-state index contributed by atoms with van der Waals surface area (Å²) in [7, 11) is 1.99. The molecule has 1 aromatic heterocycles. The number of nitrogens with one attached hydrogen (secondary N) is 1. The molecule has 1 aliphatic heterocycles. The molecule has 2 heterocycles. The van der Waals surface area contributed by atoms with E-state index < -0.39 is 4.92 Å². The highest BCUT2D eigenvalue weighted by Crippen LogP contribution is 2.18. The van der Waals surface area contributed by atoms with Crippen molar-refractivity contribution in [3.05, 3.63) is 46.4 Å². The summed E-state index contributed by atoms with van der Waals surface area (Å²) < 4.78 is 19.2. The fourth-order valence-electron chi connectivity index (χ4n) is 2.05. The van der Waals surface area contributed by atoms with E-state index in [0.29, 0.717) is 31.3 Å². The van der Waals surface area contributed by atoms with Crippen LogP contribution in [0.2, 0.25) is 0 Å². The maximum absolute atomic E-state index is 12.2. The number of hydrogen-bond acceptors (Lipinski definition) is 6. The lowest BCUT2D eigenvalue weighted by Crippen LogP contribution is -2.30. The lowest BCUT2D eigenvalue weighted by Gasteiger charge is -2.19. The molecule has 25 heavy (non-hydrogen) atoms. The Morgan fingerprint density at radius 2 is 2.04 bits per heavy atom. The minimum absolute atomic E-state index is 0.158. The molecule has 0 saturated carbocycles. The van der Waals surface area contributed by atoms with Crippen LogP contribution in [0.4, 0.5) is 15.9 Å². The molecule has 0 bridgehead atoms. The number of benzene rings is 1. The first-order valence-electron chi connectivity index (χ1n) is 7.48. The smallest absolute Gasteiger partial charge is 0.414 e. The minimum atomic E-state index is -0.509. The normalized spacial score (nSPS) is 14.0. The van der Waals surface area contributed by atoms with Crippen LogP contribution in [-0.4, -0.2) is 52.5 Å². The molecular formula is C15H18FN5O4. The number of likely N-dealkylation sites (N-methyl/N-ethyl adjacent to an activating group) is 1. The molecule has 0 unspecified atom stereocenters. The van der Waals surface area contributed by atoms with Gasteiger partial charge in [0.2, 0.25) is 6.41 Å². The Morgan fingerprint density at radius 3 is 2.68 bits per heavy atom. The fraction of sp³-hybridized carbons (Fsp3) is 0.333. The van der Waals surface area contributed by atoms with Crippen LogP contribution >= 0.6 is 0 Å². The molecular weight excluding hydrogens is 333 g/mol. The summed E-state index contributed by atoms with van der Waals surface area (Å²) in [5, 5.41) is 12.9. The summed E-state index contributed by atoms with van der Waals surface area (Å²) in [5.74, 6) is -0.467.